The molecule has 0 amide bonds. The summed E-state index contributed by atoms with van der Waals surface area (Å²) in [6.45, 7) is 3.12. The van der Waals surface area contributed by atoms with Crippen molar-refractivity contribution in [1.29, 1.82) is 0 Å². The molecule has 0 aliphatic carbocycles. The van der Waals surface area contributed by atoms with E-state index < -0.39 is 11.9 Å². The largest absolute Gasteiger partial charge is 0.478 e. The summed E-state index contributed by atoms with van der Waals surface area (Å²) in [6.07, 6.45) is 3.23. The van der Waals surface area contributed by atoms with E-state index in [0.717, 1.165) is 27.1 Å². The average molecular weight is 345 g/mol. The van der Waals surface area contributed by atoms with E-state index in [4.69, 9.17) is 10.2 Å². The number of aliphatic carboxylic acids is 2. The van der Waals surface area contributed by atoms with Crippen molar-refractivity contribution in [2.24, 2.45) is 0 Å². The SMILES string of the molecule is CC(=Cc1[c]c2ccc3cc(C=C(C)C(=O)O)ccc3c2cc1)C(=O)O. The van der Waals surface area contributed by atoms with Gasteiger partial charge in [0.15, 0.2) is 0 Å². The monoisotopic (exact) mass is 345 g/mol. The van der Waals surface area contributed by atoms with Gasteiger partial charge in [-0.1, -0.05) is 36.4 Å². The molecule has 0 aliphatic heterocycles. The summed E-state index contributed by atoms with van der Waals surface area (Å²) in [4.78, 5) is 21.9. The molecule has 129 valence electrons. The van der Waals surface area contributed by atoms with E-state index in [-0.39, 0.29) is 11.1 Å². The Morgan fingerprint density at radius 1 is 0.846 bits per heavy atom. The molecule has 0 aliphatic rings. The van der Waals surface area contributed by atoms with Crippen LogP contribution in [0.3, 0.4) is 0 Å². The minimum Gasteiger partial charge on any atom is -0.478 e. The number of rotatable bonds is 4. The van der Waals surface area contributed by atoms with Gasteiger partial charge in [-0.15, -0.1) is 0 Å². The van der Waals surface area contributed by atoms with Gasteiger partial charge in [-0.25, -0.2) is 9.59 Å². The first-order valence-corrected chi connectivity index (χ1v) is 8.07. The van der Waals surface area contributed by atoms with Crippen molar-refractivity contribution in [3.63, 3.8) is 0 Å². The lowest BCUT2D eigenvalue weighted by atomic mass is 9.98. The number of hydrogen-bond acceptors (Lipinski definition) is 2. The van der Waals surface area contributed by atoms with Crippen LogP contribution in [0.1, 0.15) is 25.0 Å². The van der Waals surface area contributed by atoms with E-state index >= 15 is 0 Å². The molecule has 26 heavy (non-hydrogen) atoms. The highest BCUT2D eigenvalue weighted by Crippen LogP contribution is 2.28. The number of carboxylic acid groups (broad SMARTS) is 2. The Balaban J connectivity index is 2.09. The first kappa shape index (κ1) is 17.4. The van der Waals surface area contributed by atoms with Gasteiger partial charge >= 0.3 is 11.9 Å². The van der Waals surface area contributed by atoms with Crippen molar-refractivity contribution < 1.29 is 19.8 Å². The van der Waals surface area contributed by atoms with Crippen molar-refractivity contribution >= 4 is 45.6 Å². The maximum Gasteiger partial charge on any atom is 0.331 e. The predicted molar refractivity (Wildman–Crippen MR) is 103 cm³/mol. The number of fused-ring (bicyclic) bond motifs is 3. The second-order valence-corrected chi connectivity index (χ2v) is 6.19. The first-order chi connectivity index (χ1) is 12.3. The van der Waals surface area contributed by atoms with Crippen molar-refractivity contribution in [1.82, 2.24) is 0 Å². The summed E-state index contributed by atoms with van der Waals surface area (Å²) in [5.74, 6) is -1.88. The van der Waals surface area contributed by atoms with Crippen molar-refractivity contribution in [2.75, 3.05) is 0 Å². The number of carboxylic acids is 2. The molecular formula is C22H17O4. The first-order valence-electron chi connectivity index (χ1n) is 8.07. The van der Waals surface area contributed by atoms with Crippen LogP contribution in [0.4, 0.5) is 0 Å². The highest BCUT2D eigenvalue weighted by molar-refractivity contribution is 6.08. The van der Waals surface area contributed by atoms with Gasteiger partial charge in [0.2, 0.25) is 0 Å². The summed E-state index contributed by atoms with van der Waals surface area (Å²) in [5, 5.41) is 22.0. The van der Waals surface area contributed by atoms with Gasteiger partial charge in [-0.2, -0.15) is 0 Å². The van der Waals surface area contributed by atoms with Gasteiger partial charge in [0.1, 0.15) is 0 Å². The van der Waals surface area contributed by atoms with Crippen LogP contribution < -0.4 is 0 Å². The predicted octanol–water partition coefficient (Wildman–Crippen LogP) is 4.77. The molecular weight excluding hydrogens is 328 g/mol. The Kier molecular flexibility index (Phi) is 4.59. The summed E-state index contributed by atoms with van der Waals surface area (Å²) in [7, 11) is 0. The molecule has 0 heterocycles. The van der Waals surface area contributed by atoms with E-state index in [1.54, 1.807) is 26.0 Å². The number of carbonyl (C=O) groups is 2. The van der Waals surface area contributed by atoms with E-state index in [2.05, 4.69) is 6.07 Å². The van der Waals surface area contributed by atoms with Crippen LogP contribution in [-0.2, 0) is 9.59 Å². The van der Waals surface area contributed by atoms with Crippen molar-refractivity contribution in [3.8, 4) is 0 Å². The summed E-state index contributed by atoms with van der Waals surface area (Å²) in [6, 6.07) is 16.7. The molecule has 0 saturated carbocycles. The van der Waals surface area contributed by atoms with Crippen LogP contribution in [0.2, 0.25) is 0 Å². The Morgan fingerprint density at radius 2 is 1.50 bits per heavy atom. The van der Waals surface area contributed by atoms with Gasteiger partial charge in [0.05, 0.1) is 0 Å². The van der Waals surface area contributed by atoms with Crippen LogP contribution in [-0.4, -0.2) is 22.2 Å². The molecule has 1 radical (unpaired) electrons. The summed E-state index contributed by atoms with van der Waals surface area (Å²) < 4.78 is 0. The summed E-state index contributed by atoms with van der Waals surface area (Å²) >= 11 is 0. The van der Waals surface area contributed by atoms with E-state index in [1.165, 1.54) is 0 Å². The van der Waals surface area contributed by atoms with Gasteiger partial charge in [-0.05, 0) is 70.8 Å². The number of hydrogen-bond donors (Lipinski definition) is 2. The second kappa shape index (κ2) is 6.84. The fourth-order valence-corrected chi connectivity index (χ4v) is 2.81. The molecule has 0 fully saturated rings. The van der Waals surface area contributed by atoms with E-state index in [1.807, 2.05) is 42.5 Å². The maximum absolute atomic E-state index is 11.0. The standard InChI is InChI=1S/C22H17O4/c1-13(21(23)24)9-15-3-7-19-17(11-15)5-6-18-12-16(4-8-20(18)19)10-14(2)22(25)26/h3-11H,1-2H3,(H,23,24)(H,25,26). The average Bonchev–Trinajstić information content (AvgIpc) is 2.61. The molecule has 0 spiro atoms. The van der Waals surface area contributed by atoms with Gasteiger partial charge < -0.3 is 10.2 Å². The zero-order valence-corrected chi connectivity index (χ0v) is 14.4. The normalized spacial score (nSPS) is 12.5. The topological polar surface area (TPSA) is 74.6 Å². The third-order valence-electron chi connectivity index (χ3n) is 4.22. The van der Waals surface area contributed by atoms with Gasteiger partial charge in [0.25, 0.3) is 0 Å². The molecule has 4 heteroatoms. The lowest BCUT2D eigenvalue weighted by Crippen LogP contribution is -1.95. The van der Waals surface area contributed by atoms with Crippen molar-refractivity contribution in [2.45, 2.75) is 13.8 Å². The molecule has 3 aromatic carbocycles. The molecule has 0 atom stereocenters. The van der Waals surface area contributed by atoms with E-state index in [9.17, 15) is 9.59 Å². The van der Waals surface area contributed by atoms with Crippen LogP contribution >= 0.6 is 0 Å². The van der Waals surface area contributed by atoms with Crippen molar-refractivity contribution in [3.05, 3.63) is 70.8 Å². The Bertz CT molecular complexity index is 1020. The molecule has 0 bridgehead atoms. The zero-order chi connectivity index (χ0) is 18.8. The second-order valence-electron chi connectivity index (χ2n) is 6.19. The minimum atomic E-state index is -0.950. The Labute approximate surface area is 150 Å². The smallest absolute Gasteiger partial charge is 0.331 e. The third-order valence-corrected chi connectivity index (χ3v) is 4.22. The molecule has 2 N–H and O–H groups in total. The van der Waals surface area contributed by atoms with Gasteiger partial charge in [-0.3, -0.25) is 0 Å². The highest BCUT2D eigenvalue weighted by atomic mass is 16.4. The number of benzene rings is 3. The summed E-state index contributed by atoms with van der Waals surface area (Å²) in [5.41, 5.74) is 2.08. The minimum absolute atomic E-state index is 0.256. The molecule has 0 aromatic heterocycles. The lowest BCUT2D eigenvalue weighted by Gasteiger charge is -2.06. The Hall–Kier alpha value is -3.40. The molecule has 3 aromatic rings. The lowest BCUT2D eigenvalue weighted by molar-refractivity contribution is -0.133. The van der Waals surface area contributed by atoms with Crippen LogP contribution in [0, 0.1) is 6.07 Å². The van der Waals surface area contributed by atoms with Crippen LogP contribution in [0.5, 0.6) is 0 Å². The molecule has 0 saturated heterocycles. The van der Waals surface area contributed by atoms with Crippen LogP contribution in [0.15, 0.2) is 53.6 Å². The van der Waals surface area contributed by atoms with Crippen LogP contribution in [0.25, 0.3) is 33.7 Å². The quantitative estimate of drug-likeness (QED) is 0.528. The molecule has 3 rings (SSSR count). The maximum atomic E-state index is 11.0. The molecule has 0 unspecified atom stereocenters. The van der Waals surface area contributed by atoms with E-state index in [0.29, 0.717) is 5.56 Å². The Morgan fingerprint density at radius 3 is 2.19 bits per heavy atom. The fourth-order valence-electron chi connectivity index (χ4n) is 2.81. The zero-order valence-electron chi connectivity index (χ0n) is 14.4. The van der Waals surface area contributed by atoms with Gasteiger partial charge in [0, 0.05) is 11.1 Å². The fraction of sp³-hybridized carbons (Fsp3) is 0.0909. The highest BCUT2D eigenvalue weighted by Gasteiger charge is 2.05. The third kappa shape index (κ3) is 3.49. The molecule has 4 nitrogen and oxygen atoms in total.